The summed E-state index contributed by atoms with van der Waals surface area (Å²) in [7, 11) is 0. The van der Waals surface area contributed by atoms with Gasteiger partial charge in [-0.15, -0.1) is 5.10 Å². The number of aromatic nitrogens is 4. The maximum absolute atomic E-state index is 14.5. The van der Waals surface area contributed by atoms with E-state index in [2.05, 4.69) is 20.4 Å². The molecule has 0 bridgehead atoms. The standard InChI is InChI=1S/C22H18F2N6O/c23-16-8-9-29(13-16)22(31)26-17-6-7-19(24)18(10-17)20-27-21-25-11-15(12-30(21)28-20)14-4-2-1-3-5-14/h1-7,10-12,16H,8-9,13H2,(H,26,31)/t16-/m1/s1. The minimum absolute atomic E-state index is 0.0588. The minimum Gasteiger partial charge on any atom is -0.322 e. The Balaban J connectivity index is 1.44. The molecule has 1 saturated heterocycles. The zero-order chi connectivity index (χ0) is 21.4. The van der Waals surface area contributed by atoms with E-state index in [-0.39, 0.29) is 17.9 Å². The number of urea groups is 1. The van der Waals surface area contributed by atoms with Crippen molar-refractivity contribution in [1.29, 1.82) is 0 Å². The lowest BCUT2D eigenvalue weighted by Gasteiger charge is -2.16. The van der Waals surface area contributed by atoms with Crippen LogP contribution in [-0.2, 0) is 0 Å². The highest BCUT2D eigenvalue weighted by Crippen LogP contribution is 2.25. The Morgan fingerprint density at radius 1 is 1.13 bits per heavy atom. The summed E-state index contributed by atoms with van der Waals surface area (Å²) in [6.07, 6.45) is 2.78. The van der Waals surface area contributed by atoms with E-state index in [0.29, 0.717) is 24.4 Å². The van der Waals surface area contributed by atoms with Crippen LogP contribution in [0.15, 0.2) is 60.9 Å². The number of alkyl halides is 1. The molecule has 1 atom stereocenters. The van der Waals surface area contributed by atoms with Gasteiger partial charge in [0, 0.05) is 30.2 Å². The molecular formula is C22H18F2N6O. The molecule has 156 valence electrons. The summed E-state index contributed by atoms with van der Waals surface area (Å²) in [5, 5.41) is 7.05. The number of carbonyl (C=O) groups is 1. The monoisotopic (exact) mass is 420 g/mol. The molecule has 7 nitrogen and oxygen atoms in total. The Hall–Kier alpha value is -3.88. The van der Waals surface area contributed by atoms with Crippen molar-refractivity contribution in [3.63, 3.8) is 0 Å². The summed E-state index contributed by atoms with van der Waals surface area (Å²) in [5.74, 6) is -0.0481. The third-order valence-electron chi connectivity index (χ3n) is 5.18. The Bertz CT molecular complexity index is 1260. The van der Waals surface area contributed by atoms with Crippen LogP contribution in [0.2, 0.25) is 0 Å². The van der Waals surface area contributed by atoms with Crippen LogP contribution in [-0.4, -0.2) is 49.8 Å². The molecule has 5 rings (SSSR count). The first-order chi connectivity index (χ1) is 15.1. The quantitative estimate of drug-likeness (QED) is 0.540. The van der Waals surface area contributed by atoms with Gasteiger partial charge in [0.15, 0.2) is 5.82 Å². The van der Waals surface area contributed by atoms with E-state index < -0.39 is 18.0 Å². The number of nitrogens with zero attached hydrogens (tertiary/aromatic N) is 5. The first kappa shape index (κ1) is 19.1. The summed E-state index contributed by atoms with van der Waals surface area (Å²) in [4.78, 5) is 22.3. The molecule has 9 heteroatoms. The van der Waals surface area contributed by atoms with Gasteiger partial charge >= 0.3 is 6.03 Å². The van der Waals surface area contributed by atoms with Gasteiger partial charge in [-0.3, -0.25) is 0 Å². The first-order valence-corrected chi connectivity index (χ1v) is 9.84. The van der Waals surface area contributed by atoms with Crippen molar-refractivity contribution < 1.29 is 13.6 Å². The number of anilines is 1. The van der Waals surface area contributed by atoms with Crippen LogP contribution in [0.3, 0.4) is 0 Å². The van der Waals surface area contributed by atoms with Gasteiger partial charge in [0.2, 0.25) is 0 Å². The molecular weight excluding hydrogens is 402 g/mol. The summed E-state index contributed by atoms with van der Waals surface area (Å²) >= 11 is 0. The topological polar surface area (TPSA) is 75.4 Å². The fourth-order valence-corrected chi connectivity index (χ4v) is 3.55. The summed E-state index contributed by atoms with van der Waals surface area (Å²) in [6.45, 7) is 0.410. The van der Waals surface area contributed by atoms with Gasteiger partial charge in [-0.1, -0.05) is 30.3 Å². The van der Waals surface area contributed by atoms with E-state index in [1.165, 1.54) is 27.6 Å². The number of amides is 2. The molecule has 1 aliphatic rings. The van der Waals surface area contributed by atoms with Gasteiger partial charge in [-0.25, -0.2) is 23.1 Å². The number of halogens is 2. The lowest BCUT2D eigenvalue weighted by atomic mass is 10.1. The second-order valence-electron chi connectivity index (χ2n) is 7.35. The van der Waals surface area contributed by atoms with Crippen LogP contribution in [0.5, 0.6) is 0 Å². The van der Waals surface area contributed by atoms with Crippen LogP contribution in [0.25, 0.3) is 28.3 Å². The van der Waals surface area contributed by atoms with Crippen LogP contribution >= 0.6 is 0 Å². The zero-order valence-electron chi connectivity index (χ0n) is 16.4. The van der Waals surface area contributed by atoms with Gasteiger partial charge in [0.05, 0.1) is 12.1 Å². The molecule has 31 heavy (non-hydrogen) atoms. The highest BCUT2D eigenvalue weighted by Gasteiger charge is 2.26. The maximum Gasteiger partial charge on any atom is 0.321 e. The molecule has 0 spiro atoms. The number of rotatable bonds is 3. The van der Waals surface area contributed by atoms with Crippen LogP contribution < -0.4 is 5.32 Å². The fraction of sp³-hybridized carbons (Fsp3) is 0.182. The molecule has 1 fully saturated rings. The van der Waals surface area contributed by atoms with Crippen molar-refractivity contribution >= 4 is 17.5 Å². The first-order valence-electron chi connectivity index (χ1n) is 9.84. The molecule has 3 heterocycles. The van der Waals surface area contributed by atoms with Gasteiger partial charge in [-0.2, -0.15) is 4.98 Å². The van der Waals surface area contributed by atoms with E-state index in [0.717, 1.165) is 11.1 Å². The Labute approximate surface area is 176 Å². The van der Waals surface area contributed by atoms with Gasteiger partial charge in [-0.05, 0) is 30.2 Å². The van der Waals surface area contributed by atoms with Crippen molar-refractivity contribution in [2.75, 3.05) is 18.4 Å². The smallest absolute Gasteiger partial charge is 0.321 e. The number of hydrogen-bond acceptors (Lipinski definition) is 4. The predicted molar refractivity (Wildman–Crippen MR) is 112 cm³/mol. The number of benzene rings is 2. The Morgan fingerprint density at radius 3 is 2.74 bits per heavy atom. The highest BCUT2D eigenvalue weighted by molar-refractivity contribution is 5.90. The summed E-state index contributed by atoms with van der Waals surface area (Å²) in [6, 6.07) is 13.4. The number of likely N-dealkylation sites (tertiary alicyclic amines) is 1. The van der Waals surface area contributed by atoms with Gasteiger partial charge < -0.3 is 10.2 Å². The summed E-state index contributed by atoms with van der Waals surface area (Å²) < 4.78 is 29.4. The summed E-state index contributed by atoms with van der Waals surface area (Å²) in [5.41, 5.74) is 2.33. The molecule has 2 aromatic carbocycles. The average Bonchev–Trinajstić information content (AvgIpc) is 3.41. The molecule has 1 N–H and O–H groups in total. The molecule has 4 aromatic rings. The number of carbonyl (C=O) groups excluding carboxylic acids is 1. The zero-order valence-corrected chi connectivity index (χ0v) is 16.4. The Morgan fingerprint density at radius 2 is 1.97 bits per heavy atom. The second kappa shape index (κ2) is 7.75. The van der Waals surface area contributed by atoms with E-state index in [1.54, 1.807) is 12.4 Å². The number of nitrogens with one attached hydrogen (secondary N) is 1. The lowest BCUT2D eigenvalue weighted by molar-refractivity contribution is 0.218. The van der Waals surface area contributed by atoms with Crippen LogP contribution in [0.1, 0.15) is 6.42 Å². The third-order valence-corrected chi connectivity index (χ3v) is 5.18. The van der Waals surface area contributed by atoms with E-state index in [9.17, 15) is 13.6 Å². The SMILES string of the molecule is O=C(Nc1ccc(F)c(-c2nc3ncc(-c4ccccc4)cn3n2)c1)N1CC[C@@H](F)C1. The third kappa shape index (κ3) is 3.81. The second-order valence-corrected chi connectivity index (χ2v) is 7.35. The number of hydrogen-bond donors (Lipinski definition) is 1. The minimum atomic E-state index is -1.01. The van der Waals surface area contributed by atoms with Crippen molar-refractivity contribution in [1.82, 2.24) is 24.5 Å². The van der Waals surface area contributed by atoms with Crippen molar-refractivity contribution in [3.8, 4) is 22.5 Å². The van der Waals surface area contributed by atoms with E-state index >= 15 is 0 Å². The largest absolute Gasteiger partial charge is 0.322 e. The average molecular weight is 420 g/mol. The molecule has 2 amide bonds. The molecule has 1 aliphatic heterocycles. The predicted octanol–water partition coefficient (Wildman–Crippen LogP) is 4.17. The Kier molecular flexibility index (Phi) is 4.78. The lowest BCUT2D eigenvalue weighted by Crippen LogP contribution is -2.33. The van der Waals surface area contributed by atoms with Gasteiger partial charge in [0.1, 0.15) is 12.0 Å². The van der Waals surface area contributed by atoms with Crippen molar-refractivity contribution in [2.45, 2.75) is 12.6 Å². The maximum atomic E-state index is 14.5. The normalized spacial score (nSPS) is 16.1. The fourth-order valence-electron chi connectivity index (χ4n) is 3.55. The van der Waals surface area contributed by atoms with Crippen molar-refractivity contribution in [2.24, 2.45) is 0 Å². The van der Waals surface area contributed by atoms with Gasteiger partial charge in [0.25, 0.3) is 5.78 Å². The van der Waals surface area contributed by atoms with E-state index in [1.807, 2.05) is 30.3 Å². The highest BCUT2D eigenvalue weighted by atomic mass is 19.1. The van der Waals surface area contributed by atoms with Crippen LogP contribution in [0.4, 0.5) is 19.3 Å². The molecule has 0 aliphatic carbocycles. The molecule has 0 radical (unpaired) electrons. The molecule has 2 aromatic heterocycles. The molecule has 0 unspecified atom stereocenters. The molecule has 0 saturated carbocycles. The number of fused-ring (bicyclic) bond motifs is 1. The van der Waals surface area contributed by atoms with Crippen LogP contribution in [0, 0.1) is 5.82 Å². The van der Waals surface area contributed by atoms with E-state index in [4.69, 9.17) is 0 Å². The van der Waals surface area contributed by atoms with Crippen molar-refractivity contribution in [3.05, 3.63) is 66.7 Å².